The van der Waals surface area contributed by atoms with Gasteiger partial charge in [-0.15, -0.1) is 0 Å². The van der Waals surface area contributed by atoms with Crippen molar-refractivity contribution in [3.05, 3.63) is 54.0 Å². The highest BCUT2D eigenvalue weighted by Gasteiger charge is 2.08. The monoisotopic (exact) mass is 285 g/mol. The predicted octanol–water partition coefficient (Wildman–Crippen LogP) is 2.75. The van der Waals surface area contributed by atoms with Gasteiger partial charge in [-0.3, -0.25) is 4.98 Å². The lowest BCUT2D eigenvalue weighted by Gasteiger charge is -2.06. The van der Waals surface area contributed by atoms with Gasteiger partial charge in [0.05, 0.1) is 24.0 Å². The summed E-state index contributed by atoms with van der Waals surface area (Å²) in [6, 6.07) is 10.2. The molecular weight excluding hydrogens is 270 g/mol. The lowest BCUT2D eigenvalue weighted by atomic mass is 10.1. The summed E-state index contributed by atoms with van der Waals surface area (Å²) in [6.07, 6.45) is 3.56. The number of hydrogen-bond donors (Lipinski definition) is 1. The van der Waals surface area contributed by atoms with Crippen molar-refractivity contribution in [3.63, 3.8) is 0 Å². The van der Waals surface area contributed by atoms with E-state index < -0.39 is 0 Å². The van der Waals surface area contributed by atoms with Crippen LogP contribution in [0.4, 0.5) is 0 Å². The average molecular weight is 285 g/mol. The largest absolute Gasteiger partial charge is 0.390 e. The first-order valence-corrected chi connectivity index (χ1v) is 7.35. The highest BCUT2D eigenvalue weighted by atomic mass is 32.2. The molecular formula is C15H15N3OS. The van der Waals surface area contributed by atoms with E-state index in [2.05, 4.69) is 16.0 Å². The van der Waals surface area contributed by atoms with Gasteiger partial charge in [0, 0.05) is 24.4 Å². The van der Waals surface area contributed by atoms with Gasteiger partial charge < -0.3 is 9.67 Å². The quantitative estimate of drug-likeness (QED) is 0.749. The number of pyridine rings is 1. The van der Waals surface area contributed by atoms with Crippen LogP contribution in [0.3, 0.4) is 0 Å². The van der Waals surface area contributed by atoms with Crippen LogP contribution in [0.5, 0.6) is 0 Å². The number of aliphatic hydroxyl groups excluding tert-OH is 1. The second kappa shape index (κ2) is 5.64. The van der Waals surface area contributed by atoms with E-state index in [-0.39, 0.29) is 6.61 Å². The van der Waals surface area contributed by atoms with E-state index in [9.17, 15) is 5.11 Å². The molecule has 0 fully saturated rings. The third-order valence-electron chi connectivity index (χ3n) is 3.30. The summed E-state index contributed by atoms with van der Waals surface area (Å²) in [5.74, 6) is 0.832. The second-order valence-corrected chi connectivity index (χ2v) is 5.47. The standard InChI is InChI=1S/C15H15N3OS/c1-18-12(9-19)8-17-15(18)20-10-11-6-7-16-14-5-3-2-4-13(11)14/h2-8,19H,9-10H2,1H3. The minimum Gasteiger partial charge on any atom is -0.390 e. The van der Waals surface area contributed by atoms with Gasteiger partial charge in [0.2, 0.25) is 0 Å². The molecule has 0 amide bonds. The van der Waals surface area contributed by atoms with E-state index in [0.717, 1.165) is 22.1 Å². The second-order valence-electron chi connectivity index (χ2n) is 4.53. The molecule has 0 spiro atoms. The van der Waals surface area contributed by atoms with Gasteiger partial charge in [0.15, 0.2) is 5.16 Å². The average Bonchev–Trinajstić information content (AvgIpc) is 2.85. The van der Waals surface area contributed by atoms with Crippen LogP contribution in [-0.4, -0.2) is 19.6 Å². The minimum absolute atomic E-state index is 0.0161. The molecule has 1 N–H and O–H groups in total. The van der Waals surface area contributed by atoms with E-state index in [1.54, 1.807) is 18.0 Å². The zero-order valence-electron chi connectivity index (χ0n) is 11.2. The van der Waals surface area contributed by atoms with Crippen molar-refractivity contribution in [2.45, 2.75) is 17.5 Å². The van der Waals surface area contributed by atoms with Gasteiger partial charge >= 0.3 is 0 Å². The molecule has 0 saturated carbocycles. The molecule has 3 aromatic rings. The molecule has 2 heterocycles. The molecule has 3 rings (SSSR count). The highest BCUT2D eigenvalue weighted by molar-refractivity contribution is 7.98. The number of aromatic nitrogens is 3. The Hall–Kier alpha value is -1.85. The van der Waals surface area contributed by atoms with Gasteiger partial charge in [-0.1, -0.05) is 30.0 Å². The van der Waals surface area contributed by atoms with Gasteiger partial charge in [-0.2, -0.15) is 0 Å². The molecule has 20 heavy (non-hydrogen) atoms. The first-order valence-electron chi connectivity index (χ1n) is 6.36. The summed E-state index contributed by atoms with van der Waals surface area (Å²) in [4.78, 5) is 8.70. The minimum atomic E-state index is 0.0161. The molecule has 4 nitrogen and oxygen atoms in total. The van der Waals surface area contributed by atoms with Gasteiger partial charge in [0.1, 0.15) is 0 Å². The summed E-state index contributed by atoms with van der Waals surface area (Å²) in [7, 11) is 1.92. The Kier molecular flexibility index (Phi) is 3.71. The van der Waals surface area contributed by atoms with E-state index in [0.29, 0.717) is 0 Å². The van der Waals surface area contributed by atoms with Crippen LogP contribution in [-0.2, 0) is 19.4 Å². The van der Waals surface area contributed by atoms with Crippen molar-refractivity contribution in [3.8, 4) is 0 Å². The molecule has 0 unspecified atom stereocenters. The number of aliphatic hydroxyl groups is 1. The number of fused-ring (bicyclic) bond motifs is 1. The zero-order valence-corrected chi connectivity index (χ0v) is 12.0. The summed E-state index contributed by atoms with van der Waals surface area (Å²) in [5, 5.41) is 11.3. The van der Waals surface area contributed by atoms with E-state index in [1.165, 1.54) is 10.9 Å². The number of hydrogen-bond acceptors (Lipinski definition) is 4. The number of imidazole rings is 1. The Labute approximate surface area is 121 Å². The van der Waals surface area contributed by atoms with Crippen LogP contribution in [0.2, 0.25) is 0 Å². The predicted molar refractivity (Wildman–Crippen MR) is 80.4 cm³/mol. The van der Waals surface area contributed by atoms with Crippen molar-refractivity contribution in [1.29, 1.82) is 0 Å². The Balaban J connectivity index is 1.85. The molecule has 1 aromatic carbocycles. The van der Waals surface area contributed by atoms with E-state index in [1.807, 2.05) is 42.1 Å². The van der Waals surface area contributed by atoms with Crippen LogP contribution >= 0.6 is 11.8 Å². The summed E-state index contributed by atoms with van der Waals surface area (Å²) < 4.78 is 1.92. The van der Waals surface area contributed by atoms with E-state index >= 15 is 0 Å². The third-order valence-corrected chi connectivity index (χ3v) is 4.39. The molecule has 102 valence electrons. The normalized spacial score (nSPS) is 11.1. The lowest BCUT2D eigenvalue weighted by Crippen LogP contribution is -1.97. The van der Waals surface area contributed by atoms with Crippen molar-refractivity contribution in [2.75, 3.05) is 0 Å². The fraction of sp³-hybridized carbons (Fsp3) is 0.200. The number of nitrogens with zero attached hydrogens (tertiary/aromatic N) is 3. The topological polar surface area (TPSA) is 50.9 Å². The van der Waals surface area contributed by atoms with Gasteiger partial charge in [0.25, 0.3) is 0 Å². The Bertz CT molecular complexity index is 734. The number of para-hydroxylation sites is 1. The van der Waals surface area contributed by atoms with Crippen molar-refractivity contribution in [1.82, 2.24) is 14.5 Å². The SMILES string of the molecule is Cn1c(CO)cnc1SCc1ccnc2ccccc12. The fourth-order valence-corrected chi connectivity index (χ4v) is 3.10. The van der Waals surface area contributed by atoms with Crippen molar-refractivity contribution >= 4 is 22.7 Å². The first-order chi connectivity index (χ1) is 9.79. The van der Waals surface area contributed by atoms with Crippen molar-refractivity contribution < 1.29 is 5.11 Å². The Morgan fingerprint density at radius 2 is 2.05 bits per heavy atom. The third kappa shape index (κ3) is 2.42. The van der Waals surface area contributed by atoms with Crippen molar-refractivity contribution in [2.24, 2.45) is 7.05 Å². The van der Waals surface area contributed by atoms with Crippen LogP contribution < -0.4 is 0 Å². The molecule has 0 atom stereocenters. The summed E-state index contributed by atoms with van der Waals surface area (Å²) >= 11 is 1.66. The number of benzene rings is 1. The zero-order chi connectivity index (χ0) is 13.9. The molecule has 2 aromatic heterocycles. The summed E-state index contributed by atoms with van der Waals surface area (Å²) in [5.41, 5.74) is 3.09. The first kappa shape index (κ1) is 13.1. The molecule has 0 saturated heterocycles. The van der Waals surface area contributed by atoms with Gasteiger partial charge in [-0.05, 0) is 17.7 Å². The number of thioether (sulfide) groups is 1. The lowest BCUT2D eigenvalue weighted by molar-refractivity contribution is 0.271. The molecule has 0 radical (unpaired) electrons. The molecule has 0 bridgehead atoms. The number of rotatable bonds is 4. The van der Waals surface area contributed by atoms with Crippen LogP contribution in [0.15, 0.2) is 47.9 Å². The van der Waals surface area contributed by atoms with Crippen LogP contribution in [0.25, 0.3) is 10.9 Å². The maximum absolute atomic E-state index is 9.18. The molecule has 0 aliphatic carbocycles. The molecule has 0 aliphatic heterocycles. The van der Waals surface area contributed by atoms with Gasteiger partial charge in [-0.25, -0.2) is 4.98 Å². The molecule has 0 aliphatic rings. The van der Waals surface area contributed by atoms with Crippen LogP contribution in [0, 0.1) is 0 Å². The van der Waals surface area contributed by atoms with E-state index in [4.69, 9.17) is 0 Å². The van der Waals surface area contributed by atoms with Crippen LogP contribution in [0.1, 0.15) is 11.3 Å². The fourth-order valence-electron chi connectivity index (χ4n) is 2.13. The Morgan fingerprint density at radius 1 is 1.20 bits per heavy atom. The smallest absolute Gasteiger partial charge is 0.168 e. The highest BCUT2D eigenvalue weighted by Crippen LogP contribution is 2.25. The molecule has 5 heteroatoms. The maximum atomic E-state index is 9.18. The Morgan fingerprint density at radius 3 is 2.85 bits per heavy atom. The maximum Gasteiger partial charge on any atom is 0.168 e. The summed E-state index contributed by atoms with van der Waals surface area (Å²) in [6.45, 7) is 0.0161.